The van der Waals surface area contributed by atoms with Crippen molar-refractivity contribution >= 4 is 58.1 Å². The Morgan fingerprint density at radius 2 is 1.93 bits per heavy atom. The van der Waals surface area contributed by atoms with Crippen LogP contribution in [0.2, 0.25) is 5.02 Å². The van der Waals surface area contributed by atoms with Crippen molar-refractivity contribution in [3.05, 3.63) is 124 Å². The molecular formula is C33H31ClFNO4S. The van der Waals surface area contributed by atoms with Gasteiger partial charge in [-0.05, 0) is 95.9 Å². The number of Topliss-reactive ketones (excluding diaryl/α,β-unsaturated/α-hetero) is 1. The number of anilines is 1. The number of alkyl halides is 1. The van der Waals surface area contributed by atoms with E-state index in [9.17, 15) is 14.4 Å². The molecule has 0 saturated carbocycles. The van der Waals surface area contributed by atoms with Gasteiger partial charge in [-0.15, -0.1) is 0 Å². The molecule has 1 heterocycles. The SMILES string of the molecule is C=Cc1cc(C=C2SC(=O)C(=CCC=CC(=O)O)C2=O)ccc1N(C=C)Cc1ccc(Cl)cc1C(F)(CC)C(=C)C. The molecule has 1 aliphatic heterocycles. The lowest BCUT2D eigenvalue weighted by Crippen LogP contribution is -2.25. The number of hydrogen-bond acceptors (Lipinski definition) is 5. The molecule has 212 valence electrons. The highest BCUT2D eigenvalue weighted by atomic mass is 35.5. The van der Waals surface area contributed by atoms with E-state index in [0.29, 0.717) is 28.3 Å². The number of nitrogens with zero attached hydrogens (tertiary/aromatic N) is 1. The molecule has 2 aromatic rings. The number of hydrogen-bond donors (Lipinski definition) is 1. The highest BCUT2D eigenvalue weighted by Gasteiger charge is 2.34. The van der Waals surface area contributed by atoms with Gasteiger partial charge in [0, 0.05) is 23.3 Å². The number of thioether (sulfide) groups is 1. The summed E-state index contributed by atoms with van der Waals surface area (Å²) in [7, 11) is 0. The van der Waals surface area contributed by atoms with Crippen molar-refractivity contribution in [2.45, 2.75) is 38.9 Å². The lowest BCUT2D eigenvalue weighted by Gasteiger charge is -2.30. The van der Waals surface area contributed by atoms with E-state index in [-0.39, 0.29) is 28.4 Å². The van der Waals surface area contributed by atoms with E-state index < -0.39 is 17.4 Å². The van der Waals surface area contributed by atoms with Gasteiger partial charge < -0.3 is 10.0 Å². The maximum Gasteiger partial charge on any atom is 0.327 e. The van der Waals surface area contributed by atoms with Crippen LogP contribution in [0.25, 0.3) is 12.2 Å². The Balaban J connectivity index is 1.93. The molecule has 41 heavy (non-hydrogen) atoms. The Hall–Kier alpha value is -3.94. The van der Waals surface area contributed by atoms with E-state index in [1.54, 1.807) is 50.4 Å². The quantitative estimate of drug-likeness (QED) is 0.152. The molecule has 0 aliphatic carbocycles. The Kier molecular flexibility index (Phi) is 10.5. The molecule has 3 rings (SSSR count). The highest BCUT2D eigenvalue weighted by molar-refractivity contribution is 8.19. The van der Waals surface area contributed by atoms with E-state index in [0.717, 1.165) is 34.7 Å². The van der Waals surface area contributed by atoms with Crippen molar-refractivity contribution in [2.75, 3.05) is 4.90 Å². The molecule has 1 unspecified atom stereocenters. The van der Waals surface area contributed by atoms with E-state index in [1.807, 2.05) is 23.1 Å². The smallest absolute Gasteiger partial charge is 0.327 e. The van der Waals surface area contributed by atoms with Crippen LogP contribution in [0, 0.1) is 0 Å². The predicted molar refractivity (Wildman–Crippen MR) is 167 cm³/mol. The van der Waals surface area contributed by atoms with Gasteiger partial charge in [0.2, 0.25) is 10.9 Å². The van der Waals surface area contributed by atoms with Crippen molar-refractivity contribution in [1.82, 2.24) is 0 Å². The van der Waals surface area contributed by atoms with Gasteiger partial charge in [-0.25, -0.2) is 9.18 Å². The van der Waals surface area contributed by atoms with Crippen molar-refractivity contribution < 1.29 is 23.9 Å². The van der Waals surface area contributed by atoms with Crippen molar-refractivity contribution in [2.24, 2.45) is 0 Å². The van der Waals surface area contributed by atoms with E-state index >= 15 is 4.39 Å². The zero-order chi connectivity index (χ0) is 30.3. The summed E-state index contributed by atoms with van der Waals surface area (Å²) >= 11 is 7.09. The number of carboxylic acids is 1. The van der Waals surface area contributed by atoms with Gasteiger partial charge in [0.1, 0.15) is 0 Å². The zero-order valence-electron chi connectivity index (χ0n) is 23.0. The Morgan fingerprint density at radius 3 is 2.54 bits per heavy atom. The molecule has 8 heteroatoms. The van der Waals surface area contributed by atoms with E-state index in [2.05, 4.69) is 19.7 Å². The summed E-state index contributed by atoms with van der Waals surface area (Å²) in [6, 6.07) is 10.7. The maximum absolute atomic E-state index is 16.1. The standard InChI is InChI=1S/C33H31ClFNO4S/c1-6-23-17-22(18-29-31(39)26(32(40)41-29)11-9-10-12-30(37)38)13-16-28(23)36(8-3)20-24-14-15-25(34)19-27(24)33(35,7-2)21(4)5/h6,8,10-19H,1,3-4,7,9,20H2,2,5H3,(H,37,38). The molecule has 0 aromatic heterocycles. The molecule has 0 amide bonds. The third-order valence-corrected chi connectivity index (χ3v) is 7.88. The number of rotatable bonds is 12. The summed E-state index contributed by atoms with van der Waals surface area (Å²) in [6.07, 6.45) is 9.08. The number of aliphatic carboxylic acids is 1. The average molecular weight is 592 g/mol. The summed E-state index contributed by atoms with van der Waals surface area (Å²) in [5.41, 5.74) is 2.06. The monoisotopic (exact) mass is 591 g/mol. The second-order valence-corrected chi connectivity index (χ2v) is 10.8. The van der Waals surface area contributed by atoms with Crippen LogP contribution in [0.5, 0.6) is 0 Å². The second kappa shape index (κ2) is 13.6. The molecular weight excluding hydrogens is 561 g/mol. The maximum atomic E-state index is 16.1. The van der Waals surface area contributed by atoms with Crippen LogP contribution in [0.4, 0.5) is 10.1 Å². The molecule has 5 nitrogen and oxygen atoms in total. The van der Waals surface area contributed by atoms with Gasteiger partial charge >= 0.3 is 5.97 Å². The fourth-order valence-electron chi connectivity index (χ4n) is 4.50. The van der Waals surface area contributed by atoms with Crippen LogP contribution < -0.4 is 4.90 Å². The van der Waals surface area contributed by atoms with Crippen LogP contribution in [-0.2, 0) is 26.6 Å². The molecule has 0 bridgehead atoms. The van der Waals surface area contributed by atoms with Gasteiger partial charge in [-0.2, -0.15) is 0 Å². The molecule has 0 radical (unpaired) electrons. The lowest BCUT2D eigenvalue weighted by atomic mass is 9.84. The van der Waals surface area contributed by atoms with Gasteiger partial charge in [0.25, 0.3) is 0 Å². The first kappa shape index (κ1) is 31.6. The minimum Gasteiger partial charge on any atom is -0.478 e. The summed E-state index contributed by atoms with van der Waals surface area (Å²) in [4.78, 5) is 38.0. The minimum atomic E-state index is -1.74. The zero-order valence-corrected chi connectivity index (χ0v) is 24.5. The van der Waals surface area contributed by atoms with Crippen molar-refractivity contribution in [3.63, 3.8) is 0 Å². The molecule has 0 spiro atoms. The average Bonchev–Trinajstić information content (AvgIpc) is 3.21. The fourth-order valence-corrected chi connectivity index (χ4v) is 5.56. The first-order valence-electron chi connectivity index (χ1n) is 12.8. The third kappa shape index (κ3) is 7.23. The first-order chi connectivity index (χ1) is 19.4. The van der Waals surface area contributed by atoms with Crippen LogP contribution in [0.1, 0.15) is 48.9 Å². The number of benzene rings is 2. The Labute approximate surface area is 249 Å². The van der Waals surface area contributed by atoms with Crippen LogP contribution in [-0.4, -0.2) is 22.0 Å². The number of ketones is 1. The van der Waals surface area contributed by atoms with Crippen LogP contribution >= 0.6 is 23.4 Å². The van der Waals surface area contributed by atoms with Crippen LogP contribution in [0.3, 0.4) is 0 Å². The third-order valence-electron chi connectivity index (χ3n) is 6.71. The predicted octanol–water partition coefficient (Wildman–Crippen LogP) is 8.42. The number of carboxylic acid groups (broad SMARTS) is 1. The summed E-state index contributed by atoms with van der Waals surface area (Å²) in [5.74, 6) is -1.50. The molecule has 1 fully saturated rings. The topological polar surface area (TPSA) is 74.7 Å². The number of allylic oxidation sites excluding steroid dienone is 4. The lowest BCUT2D eigenvalue weighted by molar-refractivity contribution is -0.131. The van der Waals surface area contributed by atoms with Crippen molar-refractivity contribution in [3.8, 4) is 0 Å². The first-order valence-corrected chi connectivity index (χ1v) is 14.0. The van der Waals surface area contributed by atoms with Gasteiger partial charge in [-0.1, -0.05) is 68.6 Å². The van der Waals surface area contributed by atoms with Crippen molar-refractivity contribution in [1.29, 1.82) is 0 Å². The molecule has 2 aromatic carbocycles. The van der Waals surface area contributed by atoms with E-state index in [1.165, 1.54) is 12.2 Å². The Morgan fingerprint density at radius 1 is 1.20 bits per heavy atom. The van der Waals surface area contributed by atoms with Gasteiger partial charge in [0.05, 0.1) is 10.5 Å². The summed E-state index contributed by atoms with van der Waals surface area (Å²) in [6.45, 7) is 15.5. The summed E-state index contributed by atoms with van der Waals surface area (Å²) in [5, 5.41) is 8.74. The molecule has 1 saturated heterocycles. The van der Waals surface area contributed by atoms with E-state index in [4.69, 9.17) is 16.7 Å². The van der Waals surface area contributed by atoms with Gasteiger partial charge in [-0.3, -0.25) is 9.59 Å². The summed E-state index contributed by atoms with van der Waals surface area (Å²) < 4.78 is 16.1. The fraction of sp³-hybridized carbons (Fsp3) is 0.182. The van der Waals surface area contributed by atoms with Crippen LogP contribution in [0.15, 0.2) is 96.6 Å². The Bertz CT molecular complexity index is 1520. The minimum absolute atomic E-state index is 0.0271. The molecule has 1 atom stereocenters. The van der Waals surface area contributed by atoms with Gasteiger partial charge in [0.15, 0.2) is 5.67 Å². The largest absolute Gasteiger partial charge is 0.478 e. The number of carbonyl (C=O) groups excluding carboxylic acids is 2. The normalized spacial score (nSPS) is 16.8. The second-order valence-electron chi connectivity index (χ2n) is 9.39. The highest BCUT2D eigenvalue weighted by Crippen LogP contribution is 2.40. The number of carbonyl (C=O) groups is 3. The number of halogens is 2. The molecule has 1 N–H and O–H groups in total. The molecule has 1 aliphatic rings.